The molecule has 1 fully saturated rings. The lowest BCUT2D eigenvalue weighted by molar-refractivity contribution is -0.120. The van der Waals surface area contributed by atoms with Crippen molar-refractivity contribution in [3.8, 4) is 0 Å². The van der Waals surface area contributed by atoms with Crippen molar-refractivity contribution in [3.05, 3.63) is 33.8 Å². The molecule has 0 saturated heterocycles. The van der Waals surface area contributed by atoms with Crippen molar-refractivity contribution in [1.82, 2.24) is 10.6 Å². The van der Waals surface area contributed by atoms with Gasteiger partial charge in [0.2, 0.25) is 5.91 Å². The summed E-state index contributed by atoms with van der Waals surface area (Å²) in [5.74, 6) is -0.552. The van der Waals surface area contributed by atoms with Crippen LogP contribution in [0.1, 0.15) is 36.0 Å². The first-order chi connectivity index (χ1) is 9.56. The van der Waals surface area contributed by atoms with Crippen molar-refractivity contribution >= 4 is 35.0 Å². The number of nitrogens with one attached hydrogen (secondary N) is 2. The van der Waals surface area contributed by atoms with Crippen LogP contribution in [0.5, 0.6) is 0 Å². The molecule has 2 amide bonds. The first-order valence-electron chi connectivity index (χ1n) is 6.59. The molecular formula is C14H16Cl2N2O2. The van der Waals surface area contributed by atoms with E-state index >= 15 is 0 Å². The van der Waals surface area contributed by atoms with Crippen LogP contribution in [-0.2, 0) is 4.79 Å². The fraction of sp³-hybridized carbons (Fsp3) is 0.429. The summed E-state index contributed by atoms with van der Waals surface area (Å²) < 4.78 is 0. The molecule has 0 radical (unpaired) electrons. The van der Waals surface area contributed by atoms with Gasteiger partial charge < -0.3 is 10.6 Å². The molecule has 0 spiro atoms. The highest BCUT2D eigenvalue weighted by Gasteiger charge is 2.18. The van der Waals surface area contributed by atoms with Crippen LogP contribution in [0.3, 0.4) is 0 Å². The van der Waals surface area contributed by atoms with Crippen molar-refractivity contribution in [2.75, 3.05) is 6.54 Å². The molecular weight excluding hydrogens is 299 g/mol. The molecule has 1 saturated carbocycles. The van der Waals surface area contributed by atoms with E-state index in [0.29, 0.717) is 10.6 Å². The van der Waals surface area contributed by atoms with E-state index in [9.17, 15) is 9.59 Å². The van der Waals surface area contributed by atoms with E-state index in [1.165, 1.54) is 12.1 Å². The first kappa shape index (κ1) is 15.1. The normalized spacial score (nSPS) is 15.1. The number of halogens is 2. The molecule has 20 heavy (non-hydrogen) atoms. The molecule has 2 N–H and O–H groups in total. The van der Waals surface area contributed by atoms with Gasteiger partial charge in [0, 0.05) is 11.1 Å². The first-order valence-corrected chi connectivity index (χ1v) is 7.34. The largest absolute Gasteiger partial charge is 0.352 e. The highest BCUT2D eigenvalue weighted by Crippen LogP contribution is 2.20. The lowest BCUT2D eigenvalue weighted by Gasteiger charge is -2.12. The molecule has 1 aliphatic carbocycles. The number of carbonyl (C=O) groups excluding carboxylic acids is 2. The quantitative estimate of drug-likeness (QED) is 0.897. The molecule has 108 valence electrons. The van der Waals surface area contributed by atoms with Gasteiger partial charge in [-0.05, 0) is 31.0 Å². The summed E-state index contributed by atoms with van der Waals surface area (Å²) in [6, 6.07) is 4.87. The molecule has 0 bridgehead atoms. The Morgan fingerprint density at radius 3 is 2.55 bits per heavy atom. The Morgan fingerprint density at radius 2 is 1.90 bits per heavy atom. The van der Waals surface area contributed by atoms with Crippen molar-refractivity contribution in [3.63, 3.8) is 0 Å². The Kier molecular flexibility index (Phi) is 5.26. The van der Waals surface area contributed by atoms with Crippen LogP contribution in [0, 0.1) is 0 Å². The standard InChI is InChI=1S/C14H16Cl2N2O2/c15-9-5-6-11(12(16)7-9)14(20)17-8-13(19)18-10-3-1-2-4-10/h5-7,10H,1-4,8H2,(H,17,20)(H,18,19). The molecule has 2 rings (SSSR count). The summed E-state index contributed by atoms with van der Waals surface area (Å²) in [6.45, 7) is -0.0473. The average Bonchev–Trinajstić information content (AvgIpc) is 2.89. The number of benzene rings is 1. The summed E-state index contributed by atoms with van der Waals surface area (Å²) in [4.78, 5) is 23.6. The second-order valence-electron chi connectivity index (χ2n) is 4.86. The van der Waals surface area contributed by atoms with Gasteiger partial charge >= 0.3 is 0 Å². The average molecular weight is 315 g/mol. The molecule has 1 aliphatic rings. The van der Waals surface area contributed by atoms with Gasteiger partial charge in [-0.3, -0.25) is 9.59 Å². The maximum absolute atomic E-state index is 11.9. The molecule has 0 aliphatic heterocycles. The Hall–Kier alpha value is -1.26. The number of hydrogen-bond acceptors (Lipinski definition) is 2. The monoisotopic (exact) mass is 314 g/mol. The summed E-state index contributed by atoms with van der Waals surface area (Å²) >= 11 is 11.7. The minimum atomic E-state index is -0.381. The van der Waals surface area contributed by atoms with Crippen LogP contribution in [0.15, 0.2) is 18.2 Å². The Balaban J connectivity index is 1.83. The minimum Gasteiger partial charge on any atom is -0.352 e. The van der Waals surface area contributed by atoms with Crippen molar-refractivity contribution in [2.24, 2.45) is 0 Å². The summed E-state index contributed by atoms with van der Waals surface area (Å²) in [5, 5.41) is 6.19. The predicted molar refractivity (Wildman–Crippen MR) is 79.2 cm³/mol. The molecule has 1 aromatic rings. The smallest absolute Gasteiger partial charge is 0.253 e. The highest BCUT2D eigenvalue weighted by atomic mass is 35.5. The second kappa shape index (κ2) is 6.95. The number of hydrogen-bond donors (Lipinski definition) is 2. The van der Waals surface area contributed by atoms with Gasteiger partial charge in [-0.15, -0.1) is 0 Å². The van der Waals surface area contributed by atoms with Gasteiger partial charge in [0.15, 0.2) is 0 Å². The molecule has 0 heterocycles. The van der Waals surface area contributed by atoms with E-state index in [1.807, 2.05) is 0 Å². The molecule has 0 atom stereocenters. The Bertz CT molecular complexity index is 514. The SMILES string of the molecule is O=C(CNC(=O)c1ccc(Cl)cc1Cl)NC1CCCC1. The van der Waals surface area contributed by atoms with Crippen LogP contribution < -0.4 is 10.6 Å². The minimum absolute atomic E-state index is 0.0473. The topological polar surface area (TPSA) is 58.2 Å². The number of carbonyl (C=O) groups is 2. The third-order valence-electron chi connectivity index (χ3n) is 3.31. The van der Waals surface area contributed by atoms with Gasteiger partial charge in [-0.25, -0.2) is 0 Å². The van der Waals surface area contributed by atoms with Crippen LogP contribution in [0.4, 0.5) is 0 Å². The number of amides is 2. The second-order valence-corrected chi connectivity index (χ2v) is 5.70. The van der Waals surface area contributed by atoms with Gasteiger partial charge in [0.1, 0.15) is 0 Å². The molecule has 0 unspecified atom stereocenters. The maximum Gasteiger partial charge on any atom is 0.253 e. The fourth-order valence-electron chi connectivity index (χ4n) is 2.28. The van der Waals surface area contributed by atoms with E-state index in [1.54, 1.807) is 6.07 Å². The van der Waals surface area contributed by atoms with Crippen LogP contribution in [-0.4, -0.2) is 24.4 Å². The van der Waals surface area contributed by atoms with Crippen molar-refractivity contribution in [2.45, 2.75) is 31.7 Å². The zero-order valence-electron chi connectivity index (χ0n) is 10.9. The predicted octanol–water partition coefficient (Wildman–Crippen LogP) is 2.78. The van der Waals surface area contributed by atoms with E-state index in [-0.39, 0.29) is 29.4 Å². The highest BCUT2D eigenvalue weighted by molar-refractivity contribution is 6.36. The van der Waals surface area contributed by atoms with E-state index in [2.05, 4.69) is 10.6 Å². The van der Waals surface area contributed by atoms with Gasteiger partial charge in [-0.2, -0.15) is 0 Å². The van der Waals surface area contributed by atoms with Crippen molar-refractivity contribution in [1.29, 1.82) is 0 Å². The van der Waals surface area contributed by atoms with Crippen LogP contribution in [0.25, 0.3) is 0 Å². The zero-order valence-corrected chi connectivity index (χ0v) is 12.4. The third kappa shape index (κ3) is 4.12. The fourth-order valence-corrected chi connectivity index (χ4v) is 2.77. The van der Waals surface area contributed by atoms with E-state index in [4.69, 9.17) is 23.2 Å². The lowest BCUT2D eigenvalue weighted by atomic mass is 10.2. The van der Waals surface area contributed by atoms with Crippen molar-refractivity contribution < 1.29 is 9.59 Å². The van der Waals surface area contributed by atoms with Gasteiger partial charge in [0.25, 0.3) is 5.91 Å². The maximum atomic E-state index is 11.9. The molecule has 4 nitrogen and oxygen atoms in total. The van der Waals surface area contributed by atoms with E-state index in [0.717, 1.165) is 25.7 Å². The Labute approximate surface area is 127 Å². The van der Waals surface area contributed by atoms with E-state index < -0.39 is 0 Å². The van der Waals surface area contributed by atoms with Crippen LogP contribution >= 0.6 is 23.2 Å². The van der Waals surface area contributed by atoms with Crippen LogP contribution in [0.2, 0.25) is 10.0 Å². The third-order valence-corrected chi connectivity index (χ3v) is 3.85. The summed E-state index contributed by atoms with van der Waals surface area (Å²) in [5.41, 5.74) is 0.310. The summed E-state index contributed by atoms with van der Waals surface area (Å²) in [7, 11) is 0. The molecule has 0 aromatic heterocycles. The zero-order chi connectivity index (χ0) is 14.5. The molecule has 1 aromatic carbocycles. The number of rotatable bonds is 4. The summed E-state index contributed by atoms with van der Waals surface area (Å²) in [6.07, 6.45) is 4.33. The molecule has 6 heteroatoms. The Morgan fingerprint density at radius 1 is 1.20 bits per heavy atom. The van der Waals surface area contributed by atoms with Gasteiger partial charge in [0.05, 0.1) is 17.1 Å². The van der Waals surface area contributed by atoms with Gasteiger partial charge in [-0.1, -0.05) is 36.0 Å². The lowest BCUT2D eigenvalue weighted by Crippen LogP contribution is -2.41.